The summed E-state index contributed by atoms with van der Waals surface area (Å²) in [4.78, 5) is 8.54. The van der Waals surface area contributed by atoms with E-state index in [0.29, 0.717) is 11.7 Å². The van der Waals surface area contributed by atoms with Crippen LogP contribution >= 0.6 is 0 Å². The van der Waals surface area contributed by atoms with E-state index in [1.807, 2.05) is 19.1 Å². The minimum Gasteiger partial charge on any atom is -0.363 e. The van der Waals surface area contributed by atoms with Crippen molar-refractivity contribution < 1.29 is 0 Å². The lowest BCUT2D eigenvalue weighted by Gasteiger charge is -2.24. The van der Waals surface area contributed by atoms with Crippen LogP contribution in [0.15, 0.2) is 42.7 Å². The molecule has 21 heavy (non-hydrogen) atoms. The van der Waals surface area contributed by atoms with E-state index in [-0.39, 0.29) is 6.04 Å². The van der Waals surface area contributed by atoms with Crippen LogP contribution in [0.2, 0.25) is 0 Å². The van der Waals surface area contributed by atoms with Crippen LogP contribution < -0.4 is 5.32 Å². The molecule has 3 rings (SSSR count). The molecule has 3 aromatic rings. The van der Waals surface area contributed by atoms with Gasteiger partial charge in [0.15, 0.2) is 0 Å². The molecule has 0 radical (unpaired) electrons. The van der Waals surface area contributed by atoms with Crippen LogP contribution in [0.25, 0.3) is 5.78 Å². The first-order valence-corrected chi connectivity index (χ1v) is 7.14. The number of aromatic nitrogens is 4. The number of rotatable bonds is 4. The standard InChI is InChI=1S/C16H19N5/c1-11(2)15(13-7-5-4-6-8-13)20-14-9-12(3)19-16-17-10-18-21(14)16/h4-11,15,20H,1-3H3. The van der Waals surface area contributed by atoms with Gasteiger partial charge in [-0.3, -0.25) is 0 Å². The van der Waals surface area contributed by atoms with E-state index < -0.39 is 0 Å². The van der Waals surface area contributed by atoms with Crippen molar-refractivity contribution >= 4 is 11.6 Å². The van der Waals surface area contributed by atoms with E-state index in [2.05, 4.69) is 58.5 Å². The Morgan fingerprint density at radius 1 is 1.14 bits per heavy atom. The van der Waals surface area contributed by atoms with Crippen molar-refractivity contribution in [2.75, 3.05) is 5.32 Å². The second kappa shape index (κ2) is 5.52. The highest BCUT2D eigenvalue weighted by Crippen LogP contribution is 2.26. The Labute approximate surface area is 124 Å². The number of benzene rings is 1. The van der Waals surface area contributed by atoms with Gasteiger partial charge in [0.25, 0.3) is 5.78 Å². The third-order valence-electron chi connectivity index (χ3n) is 3.51. The molecule has 0 bridgehead atoms. The highest BCUT2D eigenvalue weighted by molar-refractivity contribution is 5.46. The van der Waals surface area contributed by atoms with E-state index in [9.17, 15) is 0 Å². The van der Waals surface area contributed by atoms with Gasteiger partial charge in [0.05, 0.1) is 6.04 Å². The second-order valence-corrected chi connectivity index (χ2v) is 5.53. The minimum atomic E-state index is 0.209. The molecule has 1 N–H and O–H groups in total. The van der Waals surface area contributed by atoms with Crippen molar-refractivity contribution in [2.24, 2.45) is 5.92 Å². The summed E-state index contributed by atoms with van der Waals surface area (Å²) in [6.07, 6.45) is 1.53. The highest BCUT2D eigenvalue weighted by atomic mass is 15.4. The lowest BCUT2D eigenvalue weighted by molar-refractivity contribution is 0.543. The fourth-order valence-electron chi connectivity index (χ4n) is 2.49. The lowest BCUT2D eigenvalue weighted by Crippen LogP contribution is -2.19. The van der Waals surface area contributed by atoms with Gasteiger partial charge in [0.1, 0.15) is 12.1 Å². The molecule has 0 saturated carbocycles. The maximum atomic E-state index is 4.37. The van der Waals surface area contributed by atoms with Gasteiger partial charge < -0.3 is 5.32 Å². The molecule has 0 aliphatic heterocycles. The summed E-state index contributed by atoms with van der Waals surface area (Å²) in [5.74, 6) is 1.98. The normalized spacial score (nSPS) is 12.8. The van der Waals surface area contributed by atoms with E-state index in [0.717, 1.165) is 11.5 Å². The first kappa shape index (κ1) is 13.5. The predicted octanol–water partition coefficient (Wildman–Crippen LogP) is 3.24. The average molecular weight is 281 g/mol. The summed E-state index contributed by atoms with van der Waals surface area (Å²) >= 11 is 0. The maximum absolute atomic E-state index is 4.37. The van der Waals surface area contributed by atoms with Gasteiger partial charge in [-0.25, -0.2) is 4.98 Å². The van der Waals surface area contributed by atoms with Gasteiger partial charge in [0.2, 0.25) is 0 Å². The Morgan fingerprint density at radius 2 is 1.90 bits per heavy atom. The Kier molecular flexibility index (Phi) is 3.56. The maximum Gasteiger partial charge on any atom is 0.254 e. The molecule has 0 amide bonds. The van der Waals surface area contributed by atoms with E-state index in [4.69, 9.17) is 0 Å². The molecule has 2 aromatic heterocycles. The monoisotopic (exact) mass is 281 g/mol. The molecular weight excluding hydrogens is 262 g/mol. The summed E-state index contributed by atoms with van der Waals surface area (Å²) in [5, 5.41) is 7.83. The molecule has 0 aliphatic rings. The Bertz CT molecular complexity index is 733. The molecule has 1 atom stereocenters. The number of nitrogens with zero attached hydrogens (tertiary/aromatic N) is 4. The molecule has 2 heterocycles. The van der Waals surface area contributed by atoms with Gasteiger partial charge in [-0.1, -0.05) is 44.2 Å². The number of anilines is 1. The number of hydrogen-bond donors (Lipinski definition) is 1. The van der Waals surface area contributed by atoms with Crippen LogP contribution in [0.5, 0.6) is 0 Å². The topological polar surface area (TPSA) is 55.1 Å². The predicted molar refractivity (Wildman–Crippen MR) is 83.2 cm³/mol. The number of nitrogens with one attached hydrogen (secondary N) is 1. The molecule has 0 fully saturated rings. The fourth-order valence-corrected chi connectivity index (χ4v) is 2.49. The van der Waals surface area contributed by atoms with Gasteiger partial charge in [-0.15, -0.1) is 0 Å². The molecule has 108 valence electrons. The summed E-state index contributed by atoms with van der Waals surface area (Å²) in [6.45, 7) is 6.38. The van der Waals surface area contributed by atoms with Crippen molar-refractivity contribution in [3.05, 3.63) is 54.0 Å². The Hall–Kier alpha value is -2.43. The summed E-state index contributed by atoms with van der Waals surface area (Å²) in [6, 6.07) is 12.7. The van der Waals surface area contributed by atoms with Gasteiger partial charge in [0, 0.05) is 11.8 Å². The van der Waals surface area contributed by atoms with E-state index >= 15 is 0 Å². The Balaban J connectivity index is 2.00. The van der Waals surface area contributed by atoms with Crippen LogP contribution in [-0.4, -0.2) is 19.6 Å². The van der Waals surface area contributed by atoms with Crippen molar-refractivity contribution in [3.8, 4) is 0 Å². The first-order chi connectivity index (χ1) is 10.1. The zero-order chi connectivity index (χ0) is 14.8. The van der Waals surface area contributed by atoms with Crippen LogP contribution in [0.3, 0.4) is 0 Å². The molecule has 0 saturated heterocycles. The SMILES string of the molecule is Cc1cc(NC(c2ccccc2)C(C)C)n2ncnc2n1. The molecule has 5 nitrogen and oxygen atoms in total. The largest absolute Gasteiger partial charge is 0.363 e. The third-order valence-corrected chi connectivity index (χ3v) is 3.51. The molecule has 0 spiro atoms. The number of hydrogen-bond acceptors (Lipinski definition) is 4. The zero-order valence-corrected chi connectivity index (χ0v) is 12.5. The molecule has 0 aliphatic carbocycles. The van der Waals surface area contributed by atoms with Crippen LogP contribution in [0.4, 0.5) is 5.82 Å². The first-order valence-electron chi connectivity index (χ1n) is 7.14. The second-order valence-electron chi connectivity index (χ2n) is 5.53. The van der Waals surface area contributed by atoms with Gasteiger partial charge >= 0.3 is 0 Å². The Morgan fingerprint density at radius 3 is 2.62 bits per heavy atom. The lowest BCUT2D eigenvalue weighted by atomic mass is 9.96. The minimum absolute atomic E-state index is 0.209. The molecular formula is C16H19N5. The van der Waals surface area contributed by atoms with Crippen LogP contribution in [-0.2, 0) is 0 Å². The van der Waals surface area contributed by atoms with E-state index in [1.54, 1.807) is 4.52 Å². The highest BCUT2D eigenvalue weighted by Gasteiger charge is 2.17. The third kappa shape index (κ3) is 2.72. The van der Waals surface area contributed by atoms with Gasteiger partial charge in [-0.05, 0) is 18.4 Å². The molecule has 5 heteroatoms. The van der Waals surface area contributed by atoms with Crippen molar-refractivity contribution in [1.29, 1.82) is 0 Å². The average Bonchev–Trinajstić information content (AvgIpc) is 2.93. The van der Waals surface area contributed by atoms with Crippen LogP contribution in [0.1, 0.15) is 31.1 Å². The van der Waals surface area contributed by atoms with Crippen molar-refractivity contribution in [1.82, 2.24) is 19.6 Å². The summed E-state index contributed by atoms with van der Waals surface area (Å²) in [7, 11) is 0. The zero-order valence-electron chi connectivity index (χ0n) is 12.5. The summed E-state index contributed by atoms with van der Waals surface area (Å²) in [5.41, 5.74) is 2.18. The number of aryl methyl sites for hydroxylation is 1. The van der Waals surface area contributed by atoms with Crippen molar-refractivity contribution in [3.63, 3.8) is 0 Å². The van der Waals surface area contributed by atoms with Crippen molar-refractivity contribution in [2.45, 2.75) is 26.8 Å². The van der Waals surface area contributed by atoms with Gasteiger partial charge in [-0.2, -0.15) is 14.6 Å². The number of fused-ring (bicyclic) bond motifs is 1. The smallest absolute Gasteiger partial charge is 0.254 e. The fraction of sp³-hybridized carbons (Fsp3) is 0.312. The molecule has 1 unspecified atom stereocenters. The van der Waals surface area contributed by atoms with Crippen LogP contribution in [0, 0.1) is 12.8 Å². The van der Waals surface area contributed by atoms with E-state index in [1.165, 1.54) is 11.9 Å². The summed E-state index contributed by atoms with van der Waals surface area (Å²) < 4.78 is 1.74. The molecule has 1 aromatic carbocycles. The quantitative estimate of drug-likeness (QED) is 0.797.